The quantitative estimate of drug-likeness (QED) is 0.645. The van der Waals surface area contributed by atoms with Crippen molar-refractivity contribution in [3.8, 4) is 0 Å². The van der Waals surface area contributed by atoms with Crippen molar-refractivity contribution in [3.63, 3.8) is 0 Å². The Morgan fingerprint density at radius 2 is 2.46 bits per heavy atom. The van der Waals surface area contributed by atoms with Crippen LogP contribution in [0.2, 0.25) is 0 Å². The molecule has 0 aliphatic heterocycles. The molecular weight excluding hydrogens is 164 g/mol. The summed E-state index contributed by atoms with van der Waals surface area (Å²) in [6, 6.07) is 3.92. The minimum atomic E-state index is 0.473. The van der Waals surface area contributed by atoms with E-state index in [0.717, 1.165) is 23.2 Å². The lowest BCUT2D eigenvalue weighted by atomic mass is 10.2. The normalized spacial score (nSPS) is 10.5. The van der Waals surface area contributed by atoms with Gasteiger partial charge in [-0.25, -0.2) is 4.98 Å². The lowest BCUT2D eigenvalue weighted by molar-refractivity contribution is -0.107. The molecule has 0 saturated carbocycles. The van der Waals surface area contributed by atoms with Gasteiger partial charge in [-0.1, -0.05) is 0 Å². The van der Waals surface area contributed by atoms with Crippen LogP contribution in [0.4, 0.5) is 0 Å². The van der Waals surface area contributed by atoms with Crippen molar-refractivity contribution in [2.75, 3.05) is 0 Å². The maximum atomic E-state index is 10.3. The van der Waals surface area contributed by atoms with Crippen LogP contribution >= 0.6 is 0 Å². The fourth-order valence-electron chi connectivity index (χ4n) is 1.40. The number of carbonyl (C=O) groups excluding carboxylic acids is 1. The van der Waals surface area contributed by atoms with Crippen LogP contribution in [0, 0.1) is 6.92 Å². The fourth-order valence-corrected chi connectivity index (χ4v) is 1.40. The second-order valence-electron chi connectivity index (χ2n) is 3.01. The van der Waals surface area contributed by atoms with Crippen LogP contribution in [0.25, 0.3) is 5.52 Å². The number of carbonyl (C=O) groups is 1. The van der Waals surface area contributed by atoms with Gasteiger partial charge in [-0.15, -0.1) is 0 Å². The number of aromatic nitrogens is 2. The highest BCUT2D eigenvalue weighted by atomic mass is 16.1. The third kappa shape index (κ3) is 1.33. The third-order valence-corrected chi connectivity index (χ3v) is 2.10. The molecule has 0 aromatic carbocycles. The first-order chi connectivity index (χ1) is 6.31. The number of rotatable bonds is 2. The molecule has 13 heavy (non-hydrogen) atoms. The molecule has 0 fully saturated rings. The van der Waals surface area contributed by atoms with Crippen molar-refractivity contribution < 1.29 is 4.79 Å². The first-order valence-electron chi connectivity index (χ1n) is 4.17. The maximum absolute atomic E-state index is 10.3. The molecule has 2 aromatic heterocycles. The van der Waals surface area contributed by atoms with E-state index in [9.17, 15) is 4.79 Å². The van der Waals surface area contributed by atoms with E-state index in [1.165, 1.54) is 0 Å². The lowest BCUT2D eigenvalue weighted by Crippen LogP contribution is -1.90. The van der Waals surface area contributed by atoms with Gasteiger partial charge < -0.3 is 9.20 Å². The van der Waals surface area contributed by atoms with Gasteiger partial charge >= 0.3 is 0 Å². The molecule has 0 aliphatic carbocycles. The first kappa shape index (κ1) is 7.98. The Balaban J connectivity index is 2.56. The molecule has 3 heteroatoms. The second kappa shape index (κ2) is 3.01. The van der Waals surface area contributed by atoms with Crippen molar-refractivity contribution in [1.29, 1.82) is 0 Å². The van der Waals surface area contributed by atoms with Crippen molar-refractivity contribution in [3.05, 3.63) is 35.9 Å². The molecule has 0 amide bonds. The number of imidazole rings is 1. The molecule has 0 unspecified atom stereocenters. The Kier molecular flexibility index (Phi) is 1.85. The predicted octanol–water partition coefficient (Wildman–Crippen LogP) is 1.38. The number of hydrogen-bond acceptors (Lipinski definition) is 2. The van der Waals surface area contributed by atoms with Gasteiger partial charge in [-0.05, 0) is 24.6 Å². The van der Waals surface area contributed by atoms with Crippen LogP contribution in [-0.2, 0) is 11.2 Å². The smallest absolute Gasteiger partial charge is 0.124 e. The largest absolute Gasteiger partial charge is 0.304 e. The Morgan fingerprint density at radius 1 is 1.62 bits per heavy atom. The molecule has 2 heterocycles. The molecule has 2 aromatic rings. The minimum absolute atomic E-state index is 0.473. The van der Waals surface area contributed by atoms with E-state index in [-0.39, 0.29) is 0 Å². The summed E-state index contributed by atoms with van der Waals surface area (Å²) in [6.45, 7) is 1.95. The van der Waals surface area contributed by atoms with Gasteiger partial charge in [0.25, 0.3) is 0 Å². The van der Waals surface area contributed by atoms with E-state index in [4.69, 9.17) is 0 Å². The van der Waals surface area contributed by atoms with E-state index in [2.05, 4.69) is 4.98 Å². The van der Waals surface area contributed by atoms with E-state index in [0.29, 0.717) is 6.42 Å². The SMILES string of the molecule is Cc1ncc2cc(CC=O)ccn12. The van der Waals surface area contributed by atoms with E-state index >= 15 is 0 Å². The molecule has 0 N–H and O–H groups in total. The summed E-state index contributed by atoms with van der Waals surface area (Å²) >= 11 is 0. The minimum Gasteiger partial charge on any atom is -0.304 e. The summed E-state index contributed by atoms with van der Waals surface area (Å²) < 4.78 is 1.99. The maximum Gasteiger partial charge on any atom is 0.124 e. The number of fused-ring (bicyclic) bond motifs is 1. The molecule has 0 radical (unpaired) electrons. The van der Waals surface area contributed by atoms with E-state index < -0.39 is 0 Å². The van der Waals surface area contributed by atoms with E-state index in [1.54, 1.807) is 0 Å². The predicted molar refractivity (Wildman–Crippen MR) is 49.7 cm³/mol. The highest BCUT2D eigenvalue weighted by Gasteiger charge is 1.98. The van der Waals surface area contributed by atoms with Crippen LogP contribution in [0.5, 0.6) is 0 Å². The highest BCUT2D eigenvalue weighted by molar-refractivity contribution is 5.58. The number of pyridine rings is 1. The standard InChI is InChI=1S/C10H10N2O/c1-8-11-7-10-6-9(3-5-13)2-4-12(8)10/h2,4-7H,3H2,1H3. The van der Waals surface area contributed by atoms with Gasteiger partial charge in [0.05, 0.1) is 11.7 Å². The molecular formula is C10H10N2O. The van der Waals surface area contributed by atoms with Crippen LogP contribution in [-0.4, -0.2) is 15.7 Å². The lowest BCUT2D eigenvalue weighted by Gasteiger charge is -1.98. The molecule has 66 valence electrons. The second-order valence-corrected chi connectivity index (χ2v) is 3.01. The zero-order chi connectivity index (χ0) is 9.26. The van der Waals surface area contributed by atoms with Gasteiger partial charge in [0.2, 0.25) is 0 Å². The molecule has 0 aliphatic rings. The van der Waals surface area contributed by atoms with Crippen molar-refractivity contribution in [2.45, 2.75) is 13.3 Å². The van der Waals surface area contributed by atoms with Gasteiger partial charge in [0.15, 0.2) is 0 Å². The van der Waals surface area contributed by atoms with Gasteiger partial charge in [0, 0.05) is 12.6 Å². The molecule has 2 rings (SSSR count). The molecule has 3 nitrogen and oxygen atoms in total. The number of nitrogens with zero attached hydrogens (tertiary/aromatic N) is 2. The number of aryl methyl sites for hydroxylation is 1. The Hall–Kier alpha value is -1.64. The molecule has 0 bridgehead atoms. The van der Waals surface area contributed by atoms with Crippen LogP contribution in [0.1, 0.15) is 11.4 Å². The van der Waals surface area contributed by atoms with Gasteiger partial charge in [-0.2, -0.15) is 0 Å². The van der Waals surface area contributed by atoms with Crippen LogP contribution < -0.4 is 0 Å². The average molecular weight is 174 g/mol. The summed E-state index contributed by atoms with van der Waals surface area (Å²) in [7, 11) is 0. The zero-order valence-electron chi connectivity index (χ0n) is 7.40. The molecule has 0 saturated heterocycles. The van der Waals surface area contributed by atoms with Crippen LogP contribution in [0.3, 0.4) is 0 Å². The van der Waals surface area contributed by atoms with Gasteiger partial charge in [0.1, 0.15) is 12.1 Å². The third-order valence-electron chi connectivity index (χ3n) is 2.10. The van der Waals surface area contributed by atoms with Crippen molar-refractivity contribution >= 4 is 11.8 Å². The van der Waals surface area contributed by atoms with Crippen molar-refractivity contribution in [2.24, 2.45) is 0 Å². The van der Waals surface area contributed by atoms with Crippen molar-refractivity contribution in [1.82, 2.24) is 9.38 Å². The summed E-state index contributed by atoms with van der Waals surface area (Å²) in [5, 5.41) is 0. The fraction of sp³-hybridized carbons (Fsp3) is 0.200. The van der Waals surface area contributed by atoms with E-state index in [1.807, 2.05) is 35.9 Å². The Labute approximate surface area is 76.0 Å². The van der Waals surface area contributed by atoms with Crippen LogP contribution in [0.15, 0.2) is 24.5 Å². The Morgan fingerprint density at radius 3 is 3.23 bits per heavy atom. The summed E-state index contributed by atoms with van der Waals surface area (Å²) in [5.41, 5.74) is 2.07. The monoisotopic (exact) mass is 174 g/mol. The summed E-state index contributed by atoms with van der Waals surface area (Å²) in [6.07, 6.45) is 5.13. The average Bonchev–Trinajstić information content (AvgIpc) is 2.48. The van der Waals surface area contributed by atoms with Gasteiger partial charge in [-0.3, -0.25) is 0 Å². The number of hydrogen-bond donors (Lipinski definition) is 0. The topological polar surface area (TPSA) is 34.4 Å². The number of aldehydes is 1. The highest BCUT2D eigenvalue weighted by Crippen LogP contribution is 2.09. The Bertz CT molecular complexity index is 445. The summed E-state index contributed by atoms with van der Waals surface area (Å²) in [5.74, 6) is 0.965. The zero-order valence-corrected chi connectivity index (χ0v) is 7.40. The first-order valence-corrected chi connectivity index (χ1v) is 4.17. The summed E-state index contributed by atoms with van der Waals surface area (Å²) in [4.78, 5) is 14.5. The molecule has 0 atom stereocenters. The molecule has 0 spiro atoms.